The number of carbonyl (C=O) groups is 2. The van der Waals surface area contributed by atoms with Crippen molar-refractivity contribution in [2.24, 2.45) is 0 Å². The Bertz CT molecular complexity index is 1420. The SMILES string of the molecule is CCOc1ncccc1-c1ccc(N2CCN(C(=O)c3cc(Cl)sc3Cl)C[C@H]2CC)c(C(=O)N[C@@H]2CCN(C)C2)n1. The summed E-state index contributed by atoms with van der Waals surface area (Å²) in [6, 6.07) is 9.26. The first-order chi connectivity index (χ1) is 19.8. The van der Waals surface area contributed by atoms with Crippen molar-refractivity contribution in [3.63, 3.8) is 0 Å². The van der Waals surface area contributed by atoms with Crippen molar-refractivity contribution in [3.8, 4) is 17.1 Å². The van der Waals surface area contributed by atoms with Gasteiger partial charge in [-0.1, -0.05) is 30.1 Å². The predicted octanol–water partition coefficient (Wildman–Crippen LogP) is 5.09. The molecule has 5 rings (SSSR count). The van der Waals surface area contributed by atoms with Crippen molar-refractivity contribution in [2.75, 3.05) is 51.3 Å². The van der Waals surface area contributed by atoms with Gasteiger partial charge in [0.05, 0.1) is 33.5 Å². The van der Waals surface area contributed by atoms with Gasteiger partial charge in [-0.2, -0.15) is 0 Å². The number of rotatable bonds is 8. The molecule has 2 saturated heterocycles. The standard InChI is InChI=1S/C29H34Cl2N6O3S/c1-4-19-17-36(29(39)21-15-24(30)41-26(21)31)13-14-37(19)23-9-8-22(20-7-6-11-32-28(20)40-5-2)34-25(23)27(38)33-18-10-12-35(3)16-18/h6-9,11,15,18-19H,4-5,10,12-14,16-17H2,1-3H3,(H,33,38)/t18-,19-/m1/s1. The summed E-state index contributed by atoms with van der Waals surface area (Å²) in [6.07, 6.45) is 3.34. The fourth-order valence-electron chi connectivity index (χ4n) is 5.51. The van der Waals surface area contributed by atoms with Crippen molar-refractivity contribution in [3.05, 3.63) is 56.5 Å². The Balaban J connectivity index is 1.46. The zero-order valence-corrected chi connectivity index (χ0v) is 25.7. The molecule has 0 bridgehead atoms. The van der Waals surface area contributed by atoms with Gasteiger partial charge in [0.15, 0.2) is 5.69 Å². The van der Waals surface area contributed by atoms with E-state index in [1.54, 1.807) is 12.3 Å². The Labute approximate surface area is 254 Å². The maximum absolute atomic E-state index is 13.8. The number of piperazine rings is 1. The molecule has 0 saturated carbocycles. The van der Waals surface area contributed by atoms with Crippen molar-refractivity contribution >= 4 is 52.0 Å². The highest BCUT2D eigenvalue weighted by Crippen LogP contribution is 2.34. The fourth-order valence-corrected chi connectivity index (χ4v) is 6.96. The van der Waals surface area contributed by atoms with E-state index in [9.17, 15) is 9.59 Å². The van der Waals surface area contributed by atoms with Crippen LogP contribution in [0.5, 0.6) is 5.88 Å². The molecule has 9 nitrogen and oxygen atoms in total. The number of halogens is 2. The maximum Gasteiger partial charge on any atom is 0.272 e. The van der Waals surface area contributed by atoms with E-state index >= 15 is 0 Å². The molecule has 0 aromatic carbocycles. The summed E-state index contributed by atoms with van der Waals surface area (Å²) < 4.78 is 6.63. The largest absolute Gasteiger partial charge is 0.477 e. The van der Waals surface area contributed by atoms with Gasteiger partial charge in [0.1, 0.15) is 4.34 Å². The number of thiophene rings is 1. The number of likely N-dealkylation sites (N-methyl/N-ethyl adjacent to an activating group) is 1. The third-order valence-electron chi connectivity index (χ3n) is 7.58. The van der Waals surface area contributed by atoms with Crippen molar-refractivity contribution in [2.45, 2.75) is 38.8 Å². The summed E-state index contributed by atoms with van der Waals surface area (Å²) >= 11 is 13.6. The van der Waals surface area contributed by atoms with Crippen LogP contribution in [0.1, 0.15) is 47.5 Å². The highest BCUT2D eigenvalue weighted by molar-refractivity contribution is 7.20. The average Bonchev–Trinajstić information content (AvgIpc) is 3.55. The zero-order chi connectivity index (χ0) is 29.1. The molecular formula is C29H34Cl2N6O3S. The summed E-state index contributed by atoms with van der Waals surface area (Å²) in [4.78, 5) is 42.6. The van der Waals surface area contributed by atoms with E-state index < -0.39 is 0 Å². The topological polar surface area (TPSA) is 90.9 Å². The lowest BCUT2D eigenvalue weighted by Gasteiger charge is -2.43. The number of carbonyl (C=O) groups excluding carboxylic acids is 2. The molecule has 41 heavy (non-hydrogen) atoms. The van der Waals surface area contributed by atoms with Crippen LogP contribution in [0.4, 0.5) is 5.69 Å². The van der Waals surface area contributed by atoms with E-state index in [1.807, 2.05) is 36.1 Å². The first-order valence-corrected chi connectivity index (χ1v) is 15.5. The summed E-state index contributed by atoms with van der Waals surface area (Å²) in [7, 11) is 2.05. The second-order valence-corrected chi connectivity index (χ2v) is 12.6. The predicted molar refractivity (Wildman–Crippen MR) is 164 cm³/mol. The van der Waals surface area contributed by atoms with Gasteiger partial charge >= 0.3 is 0 Å². The number of amides is 2. The van der Waals surface area contributed by atoms with Gasteiger partial charge in [0, 0.05) is 44.5 Å². The summed E-state index contributed by atoms with van der Waals surface area (Å²) in [6.45, 7) is 7.71. The molecule has 0 radical (unpaired) electrons. The average molecular weight is 618 g/mol. The van der Waals surface area contributed by atoms with E-state index in [0.29, 0.717) is 57.7 Å². The van der Waals surface area contributed by atoms with Crippen LogP contribution in [-0.2, 0) is 0 Å². The van der Waals surface area contributed by atoms with Gasteiger partial charge in [0.2, 0.25) is 5.88 Å². The van der Waals surface area contributed by atoms with Crippen molar-refractivity contribution in [1.82, 2.24) is 25.1 Å². The van der Waals surface area contributed by atoms with Crippen LogP contribution in [0.3, 0.4) is 0 Å². The molecule has 2 amide bonds. The lowest BCUT2D eigenvalue weighted by molar-refractivity contribution is 0.0720. The lowest BCUT2D eigenvalue weighted by Crippen LogP contribution is -2.55. The number of ether oxygens (including phenoxy) is 1. The van der Waals surface area contributed by atoms with Crippen LogP contribution in [-0.4, -0.2) is 90.0 Å². The molecule has 218 valence electrons. The van der Waals surface area contributed by atoms with Gasteiger partial charge in [-0.3, -0.25) is 9.59 Å². The third-order valence-corrected chi connectivity index (χ3v) is 9.07. The number of nitrogens with zero attached hydrogens (tertiary/aromatic N) is 5. The van der Waals surface area contributed by atoms with Gasteiger partial charge in [-0.05, 0) is 63.7 Å². The van der Waals surface area contributed by atoms with Gasteiger partial charge in [0.25, 0.3) is 11.8 Å². The van der Waals surface area contributed by atoms with Crippen LogP contribution in [0.25, 0.3) is 11.3 Å². The van der Waals surface area contributed by atoms with E-state index in [1.165, 1.54) is 11.3 Å². The number of likely N-dealkylation sites (tertiary alicyclic amines) is 1. The molecule has 0 spiro atoms. The van der Waals surface area contributed by atoms with Crippen molar-refractivity contribution in [1.29, 1.82) is 0 Å². The van der Waals surface area contributed by atoms with Gasteiger partial charge < -0.3 is 24.8 Å². The fraction of sp³-hybridized carbons (Fsp3) is 0.448. The molecule has 2 aliphatic rings. The maximum atomic E-state index is 13.8. The molecule has 0 aliphatic carbocycles. The summed E-state index contributed by atoms with van der Waals surface area (Å²) in [5.41, 5.74) is 2.87. The molecule has 2 atom stereocenters. The quantitative estimate of drug-likeness (QED) is 0.377. The van der Waals surface area contributed by atoms with Crippen LogP contribution in [0, 0.1) is 0 Å². The Morgan fingerprint density at radius 1 is 1.15 bits per heavy atom. The molecule has 2 aliphatic heterocycles. The molecule has 2 fully saturated rings. The normalized spacial score (nSPS) is 19.4. The van der Waals surface area contributed by atoms with E-state index in [-0.39, 0.29) is 23.9 Å². The molecule has 3 aromatic rings. The van der Waals surface area contributed by atoms with Crippen LogP contribution >= 0.6 is 34.5 Å². The number of anilines is 1. The van der Waals surface area contributed by atoms with Crippen LogP contribution < -0.4 is 15.0 Å². The van der Waals surface area contributed by atoms with Gasteiger partial charge in [-0.25, -0.2) is 9.97 Å². The zero-order valence-electron chi connectivity index (χ0n) is 23.4. The first-order valence-electron chi connectivity index (χ1n) is 13.9. The molecule has 1 N–H and O–H groups in total. The minimum atomic E-state index is -0.211. The number of hydrogen-bond donors (Lipinski definition) is 1. The number of nitrogens with one attached hydrogen (secondary N) is 1. The molecule has 5 heterocycles. The minimum absolute atomic E-state index is 0.0187. The van der Waals surface area contributed by atoms with Crippen molar-refractivity contribution < 1.29 is 14.3 Å². The highest BCUT2D eigenvalue weighted by Gasteiger charge is 2.34. The Morgan fingerprint density at radius 3 is 2.66 bits per heavy atom. The lowest BCUT2D eigenvalue weighted by atomic mass is 10.0. The van der Waals surface area contributed by atoms with E-state index in [0.717, 1.165) is 37.2 Å². The van der Waals surface area contributed by atoms with Crippen LogP contribution in [0.15, 0.2) is 36.5 Å². The Kier molecular flexibility index (Phi) is 9.33. The first kappa shape index (κ1) is 29.6. The minimum Gasteiger partial charge on any atom is -0.477 e. The molecule has 12 heteroatoms. The van der Waals surface area contributed by atoms with E-state index in [4.69, 9.17) is 32.9 Å². The third kappa shape index (κ3) is 6.45. The number of pyridine rings is 2. The Morgan fingerprint density at radius 2 is 1.98 bits per heavy atom. The molecule has 0 unspecified atom stereocenters. The summed E-state index contributed by atoms with van der Waals surface area (Å²) in [5, 5.41) is 3.21. The van der Waals surface area contributed by atoms with E-state index in [2.05, 4.69) is 34.1 Å². The monoisotopic (exact) mass is 616 g/mol. The van der Waals surface area contributed by atoms with Crippen LogP contribution in [0.2, 0.25) is 8.67 Å². The second kappa shape index (κ2) is 12.9. The number of hydrogen-bond acceptors (Lipinski definition) is 8. The smallest absolute Gasteiger partial charge is 0.272 e. The number of aromatic nitrogens is 2. The molecule has 3 aromatic heterocycles. The van der Waals surface area contributed by atoms with Gasteiger partial charge in [-0.15, -0.1) is 11.3 Å². The molecular weight excluding hydrogens is 583 g/mol. The highest BCUT2D eigenvalue weighted by atomic mass is 35.5. The Hall–Kier alpha value is -2.92. The summed E-state index contributed by atoms with van der Waals surface area (Å²) in [5.74, 6) is 0.134. The second-order valence-electron chi connectivity index (χ2n) is 10.3.